The molecule has 3 saturated carbocycles. The number of ketones is 1. The number of thioether (sulfide) groups is 1. The lowest BCUT2D eigenvalue weighted by Gasteiger charge is -2.61. The Bertz CT molecular complexity index is 1260. The van der Waals surface area contributed by atoms with E-state index in [0.717, 1.165) is 29.7 Å². The first-order chi connectivity index (χ1) is 20.3. The van der Waals surface area contributed by atoms with Crippen LogP contribution in [0.1, 0.15) is 65.4 Å². The molecule has 236 valence electrons. The van der Waals surface area contributed by atoms with Crippen LogP contribution in [0.2, 0.25) is 0 Å². The predicted molar refractivity (Wildman–Crippen MR) is 166 cm³/mol. The van der Waals surface area contributed by atoms with E-state index in [2.05, 4.69) is 38.0 Å². The van der Waals surface area contributed by atoms with Gasteiger partial charge < -0.3 is 26.2 Å². The molecule has 0 aromatic heterocycles. The molecule has 8 atom stereocenters. The van der Waals surface area contributed by atoms with Gasteiger partial charge in [0.05, 0.1) is 24.9 Å². The molecule has 9 nitrogen and oxygen atoms in total. The Morgan fingerprint density at radius 2 is 1.93 bits per heavy atom. The predicted octanol–water partition coefficient (Wildman–Crippen LogP) is 3.38. The molecule has 3 aliphatic carbocycles. The van der Waals surface area contributed by atoms with Gasteiger partial charge in [0.1, 0.15) is 11.9 Å². The zero-order valence-electron chi connectivity index (χ0n) is 25.8. The highest BCUT2D eigenvalue weighted by molar-refractivity contribution is 8.00. The van der Waals surface area contributed by atoms with Gasteiger partial charge in [-0.15, -0.1) is 18.3 Å². The zero-order chi connectivity index (χ0) is 31.6. The average molecular weight is 614 g/mol. The van der Waals surface area contributed by atoms with Crippen LogP contribution in [-0.4, -0.2) is 59.7 Å². The van der Waals surface area contributed by atoms with Crippen molar-refractivity contribution in [3.63, 3.8) is 0 Å². The molecule has 3 aliphatic rings. The number of amides is 2. The smallest absolute Gasteiger partial charge is 0.316 e. The van der Waals surface area contributed by atoms with Crippen molar-refractivity contribution < 1.29 is 29.0 Å². The maximum absolute atomic E-state index is 13.6. The molecular formula is C33H47N3O6S. The average Bonchev–Trinajstić information content (AvgIpc) is 3.36. The number of esters is 1. The molecule has 1 aromatic carbocycles. The largest absolute Gasteiger partial charge is 0.461 e. The lowest BCUT2D eigenvalue weighted by molar-refractivity contribution is -0.205. The fourth-order valence-electron chi connectivity index (χ4n) is 8.10. The number of hydrogen-bond acceptors (Lipinski definition) is 8. The van der Waals surface area contributed by atoms with E-state index in [-0.39, 0.29) is 66.2 Å². The Kier molecular flexibility index (Phi) is 10.1. The van der Waals surface area contributed by atoms with Crippen LogP contribution in [0.25, 0.3) is 0 Å². The highest BCUT2D eigenvalue weighted by Gasteiger charge is 2.68. The molecule has 4 rings (SSSR count). The SMILES string of the molecule is C=C[C@]1(C)C[C@@H](OC(=O)CSc2cccc(CNC(=O)CNC(=O)CN)c2)[C@]2(C)C(C)CCC3(CCC(=O)C32)[C@@H](C)[C@@H]1O. The number of nitrogens with one attached hydrogen (secondary N) is 2. The van der Waals surface area contributed by atoms with Gasteiger partial charge in [0.25, 0.3) is 0 Å². The highest BCUT2D eigenvalue weighted by Crippen LogP contribution is 2.68. The summed E-state index contributed by atoms with van der Waals surface area (Å²) in [6.07, 6.45) is 4.04. The number of carbonyl (C=O) groups is 4. The summed E-state index contributed by atoms with van der Waals surface area (Å²) in [4.78, 5) is 51.1. The van der Waals surface area contributed by atoms with E-state index in [1.54, 1.807) is 6.08 Å². The van der Waals surface area contributed by atoms with Crippen LogP contribution in [-0.2, 0) is 30.5 Å². The first kappa shape index (κ1) is 33.2. The van der Waals surface area contributed by atoms with Crippen LogP contribution in [0, 0.1) is 34.0 Å². The lowest BCUT2D eigenvalue weighted by Crippen LogP contribution is -2.63. The third-order valence-electron chi connectivity index (χ3n) is 11.0. The first-order valence-corrected chi connectivity index (χ1v) is 16.3. The monoisotopic (exact) mass is 613 g/mol. The molecule has 1 aromatic rings. The highest BCUT2D eigenvalue weighted by atomic mass is 32.2. The van der Waals surface area contributed by atoms with Gasteiger partial charge in [-0.25, -0.2) is 0 Å². The minimum Gasteiger partial charge on any atom is -0.461 e. The number of benzene rings is 1. The second-order valence-corrected chi connectivity index (χ2v) is 14.3. The third kappa shape index (κ3) is 6.42. The fourth-order valence-corrected chi connectivity index (χ4v) is 8.86. The van der Waals surface area contributed by atoms with Crippen molar-refractivity contribution in [2.75, 3.05) is 18.8 Å². The van der Waals surface area contributed by atoms with Crippen LogP contribution < -0.4 is 16.4 Å². The number of hydrogen-bond donors (Lipinski definition) is 4. The van der Waals surface area contributed by atoms with Crippen molar-refractivity contribution in [1.82, 2.24) is 10.6 Å². The van der Waals surface area contributed by atoms with Gasteiger partial charge in [-0.1, -0.05) is 45.9 Å². The maximum atomic E-state index is 13.6. The van der Waals surface area contributed by atoms with Gasteiger partial charge in [0.2, 0.25) is 11.8 Å². The Hall–Kier alpha value is -2.69. The molecule has 0 saturated heterocycles. The number of carbonyl (C=O) groups excluding carboxylic acids is 4. The molecular weight excluding hydrogens is 566 g/mol. The standard InChI is InChI=1S/C33H47N3O6S/c1-6-31(4)15-25(32(5)20(2)10-12-33(21(3)30(31)41)13-11-24(37)29(32)33)42-28(40)19-43-23-9-7-8-22(14-23)17-35-27(39)18-36-26(38)16-34/h6-9,14,20-21,25,29-30,41H,1,10-13,15-19,34H2,2-5H3,(H,35,39)(H,36,38)/t20?,21-,25+,29?,30-,31+,32-,33?/m0/s1. The van der Waals surface area contributed by atoms with E-state index in [1.807, 2.05) is 31.2 Å². The first-order valence-electron chi connectivity index (χ1n) is 15.3. The Morgan fingerprint density at radius 1 is 1.19 bits per heavy atom. The number of rotatable bonds is 10. The molecule has 0 aliphatic heterocycles. The summed E-state index contributed by atoms with van der Waals surface area (Å²) in [6.45, 7) is 12.4. The van der Waals surface area contributed by atoms with Crippen molar-refractivity contribution in [2.24, 2.45) is 39.7 Å². The van der Waals surface area contributed by atoms with Crippen LogP contribution >= 0.6 is 11.8 Å². The lowest BCUT2D eigenvalue weighted by atomic mass is 9.44. The van der Waals surface area contributed by atoms with E-state index in [1.165, 1.54) is 11.8 Å². The van der Waals surface area contributed by atoms with Crippen molar-refractivity contribution in [2.45, 2.75) is 83.4 Å². The van der Waals surface area contributed by atoms with Crippen LogP contribution in [0.3, 0.4) is 0 Å². The molecule has 3 fully saturated rings. The van der Waals surface area contributed by atoms with Gasteiger partial charge >= 0.3 is 5.97 Å². The molecule has 2 bridgehead atoms. The summed E-state index contributed by atoms with van der Waals surface area (Å²) in [5, 5.41) is 16.9. The van der Waals surface area contributed by atoms with Gasteiger partial charge in [0, 0.05) is 34.6 Å². The molecule has 0 radical (unpaired) electrons. The summed E-state index contributed by atoms with van der Waals surface area (Å²) in [5.41, 5.74) is 4.55. The molecule has 0 spiro atoms. The van der Waals surface area contributed by atoms with Gasteiger partial charge in [-0.05, 0) is 60.6 Å². The number of nitrogens with two attached hydrogens (primary N) is 1. The van der Waals surface area contributed by atoms with Crippen molar-refractivity contribution >= 4 is 35.3 Å². The summed E-state index contributed by atoms with van der Waals surface area (Å²) in [5.74, 6) is -0.952. The van der Waals surface area contributed by atoms with Crippen molar-refractivity contribution in [1.29, 1.82) is 0 Å². The number of aliphatic hydroxyl groups excluding tert-OH is 1. The fraction of sp³-hybridized carbons (Fsp3) is 0.636. The summed E-state index contributed by atoms with van der Waals surface area (Å²) in [7, 11) is 0. The van der Waals surface area contributed by atoms with E-state index >= 15 is 0 Å². The zero-order valence-corrected chi connectivity index (χ0v) is 26.6. The van der Waals surface area contributed by atoms with Crippen LogP contribution in [0.15, 0.2) is 41.8 Å². The molecule has 43 heavy (non-hydrogen) atoms. The minimum atomic E-state index is -0.702. The second kappa shape index (κ2) is 13.1. The molecule has 2 amide bonds. The molecule has 3 unspecified atom stereocenters. The second-order valence-electron chi connectivity index (χ2n) is 13.3. The Balaban J connectivity index is 1.47. The normalized spacial score (nSPS) is 35.2. The maximum Gasteiger partial charge on any atom is 0.316 e. The van der Waals surface area contributed by atoms with E-state index < -0.39 is 28.9 Å². The van der Waals surface area contributed by atoms with Gasteiger partial charge in [-0.2, -0.15) is 0 Å². The summed E-state index contributed by atoms with van der Waals surface area (Å²) >= 11 is 1.35. The van der Waals surface area contributed by atoms with Gasteiger partial charge in [0.15, 0.2) is 0 Å². The van der Waals surface area contributed by atoms with Crippen molar-refractivity contribution in [3.8, 4) is 0 Å². The summed E-state index contributed by atoms with van der Waals surface area (Å²) in [6, 6.07) is 7.51. The number of ether oxygens (including phenoxy) is 1. The summed E-state index contributed by atoms with van der Waals surface area (Å²) < 4.78 is 6.34. The van der Waals surface area contributed by atoms with E-state index in [9.17, 15) is 24.3 Å². The van der Waals surface area contributed by atoms with Crippen molar-refractivity contribution in [3.05, 3.63) is 42.5 Å². The van der Waals surface area contributed by atoms with Crippen LogP contribution in [0.4, 0.5) is 0 Å². The third-order valence-corrected chi connectivity index (χ3v) is 11.9. The van der Waals surface area contributed by atoms with E-state index in [0.29, 0.717) is 12.8 Å². The quantitative estimate of drug-likeness (QED) is 0.178. The van der Waals surface area contributed by atoms with Crippen LogP contribution in [0.5, 0.6) is 0 Å². The topological polar surface area (TPSA) is 148 Å². The Morgan fingerprint density at radius 3 is 2.63 bits per heavy atom. The molecule has 5 N–H and O–H groups in total. The number of aliphatic hydroxyl groups is 1. The Labute approximate surface area is 259 Å². The molecule has 0 heterocycles. The number of Topliss-reactive ketones (excluding diaryl/α,β-unsaturated/α-hetero) is 1. The minimum absolute atomic E-state index is 0.0762. The van der Waals surface area contributed by atoms with E-state index in [4.69, 9.17) is 10.5 Å². The van der Waals surface area contributed by atoms with Gasteiger partial charge in [-0.3, -0.25) is 19.2 Å². The molecule has 10 heteroatoms.